The number of ether oxygens (including phenoxy) is 1. The third-order valence-corrected chi connectivity index (χ3v) is 7.54. The molecule has 1 saturated heterocycles. The smallest absolute Gasteiger partial charge is 0.293 e. The second kappa shape index (κ2) is 8.79. The van der Waals surface area contributed by atoms with Gasteiger partial charge in [0.15, 0.2) is 0 Å². The second-order valence-corrected chi connectivity index (χ2v) is 10.3. The molecule has 8 nitrogen and oxygen atoms in total. The first kappa shape index (κ1) is 23.8. The third kappa shape index (κ3) is 4.27. The molecule has 0 aliphatic carbocycles. The van der Waals surface area contributed by atoms with E-state index in [1.54, 1.807) is 25.3 Å². The number of fused-ring (bicyclic) bond motifs is 1. The Labute approximate surface area is 202 Å². The van der Waals surface area contributed by atoms with Gasteiger partial charge in [-0.1, -0.05) is 19.1 Å². The summed E-state index contributed by atoms with van der Waals surface area (Å²) < 4.78 is 5.64. The van der Waals surface area contributed by atoms with Crippen molar-refractivity contribution < 1.29 is 19.2 Å². The number of hydrogen-bond acceptors (Lipinski definition) is 7. The molecule has 0 bridgehead atoms. The molecule has 0 saturated carbocycles. The fourth-order valence-corrected chi connectivity index (χ4v) is 5.41. The minimum atomic E-state index is -0.488. The van der Waals surface area contributed by atoms with Crippen LogP contribution < -0.4 is 9.64 Å². The number of imide groups is 1. The van der Waals surface area contributed by atoms with E-state index in [-0.39, 0.29) is 28.9 Å². The number of anilines is 1. The molecule has 1 fully saturated rings. The highest BCUT2D eigenvalue weighted by Gasteiger charge is 2.37. The monoisotopic (exact) mass is 481 g/mol. The number of hydrogen-bond donors (Lipinski definition) is 0. The molecule has 0 aromatic heterocycles. The molecular formula is C25H27N3O5S. The molecule has 2 aliphatic heterocycles. The van der Waals surface area contributed by atoms with Gasteiger partial charge in [0.05, 0.1) is 23.5 Å². The maximum Gasteiger partial charge on any atom is 0.293 e. The van der Waals surface area contributed by atoms with Crippen molar-refractivity contribution in [3.8, 4) is 5.75 Å². The number of nitro groups is 1. The normalized spacial score (nSPS) is 20.6. The fraction of sp³-hybridized carbons (Fsp3) is 0.360. The molecule has 0 N–H and O–H groups in total. The summed E-state index contributed by atoms with van der Waals surface area (Å²) in [5.41, 5.74) is 3.64. The first-order chi connectivity index (χ1) is 16.0. The van der Waals surface area contributed by atoms with Gasteiger partial charge in [0, 0.05) is 42.0 Å². The van der Waals surface area contributed by atoms with Gasteiger partial charge in [0.25, 0.3) is 16.8 Å². The lowest BCUT2D eigenvalue weighted by Crippen LogP contribution is -2.45. The molecule has 0 radical (unpaired) electrons. The number of carbonyl (C=O) groups excluding carboxylic acids is 2. The van der Waals surface area contributed by atoms with Crippen LogP contribution in [-0.2, 0) is 11.3 Å². The summed E-state index contributed by atoms with van der Waals surface area (Å²) in [6.07, 6.45) is 2.71. The van der Waals surface area contributed by atoms with Crippen LogP contribution in [0.3, 0.4) is 0 Å². The summed E-state index contributed by atoms with van der Waals surface area (Å²) in [6.45, 7) is 6.68. The van der Waals surface area contributed by atoms with Crippen LogP contribution in [-0.4, -0.2) is 40.7 Å². The van der Waals surface area contributed by atoms with Gasteiger partial charge in [-0.15, -0.1) is 0 Å². The van der Waals surface area contributed by atoms with Gasteiger partial charge in [-0.2, -0.15) is 0 Å². The number of nitro benzene ring substituents is 1. The highest BCUT2D eigenvalue weighted by Crippen LogP contribution is 2.46. The van der Waals surface area contributed by atoms with Crippen LogP contribution in [0.4, 0.5) is 16.2 Å². The zero-order chi connectivity index (χ0) is 24.8. The highest BCUT2D eigenvalue weighted by molar-refractivity contribution is 8.18. The molecule has 2 amide bonds. The minimum absolute atomic E-state index is 0.0134. The van der Waals surface area contributed by atoms with Crippen molar-refractivity contribution in [3.05, 3.63) is 68.1 Å². The Kier molecular flexibility index (Phi) is 6.16. The van der Waals surface area contributed by atoms with Gasteiger partial charge < -0.3 is 9.64 Å². The van der Waals surface area contributed by atoms with E-state index in [0.717, 1.165) is 34.3 Å². The number of thioether (sulfide) groups is 1. The van der Waals surface area contributed by atoms with Crippen molar-refractivity contribution in [2.45, 2.75) is 45.2 Å². The predicted molar refractivity (Wildman–Crippen MR) is 133 cm³/mol. The molecular weight excluding hydrogens is 454 g/mol. The zero-order valence-corrected chi connectivity index (χ0v) is 20.6. The summed E-state index contributed by atoms with van der Waals surface area (Å²) in [5.74, 6) is 0.577. The van der Waals surface area contributed by atoms with Gasteiger partial charge in [-0.25, -0.2) is 0 Å². The van der Waals surface area contributed by atoms with E-state index in [4.69, 9.17) is 4.74 Å². The zero-order valence-electron chi connectivity index (χ0n) is 19.8. The number of methoxy groups -OCH3 is 1. The Morgan fingerprint density at radius 2 is 1.91 bits per heavy atom. The molecule has 4 rings (SSSR count). The largest absolute Gasteiger partial charge is 0.496 e. The molecule has 178 valence electrons. The van der Waals surface area contributed by atoms with E-state index >= 15 is 0 Å². The van der Waals surface area contributed by atoms with Gasteiger partial charge >= 0.3 is 0 Å². The van der Waals surface area contributed by atoms with E-state index in [0.29, 0.717) is 22.1 Å². The van der Waals surface area contributed by atoms with Crippen molar-refractivity contribution in [1.82, 2.24) is 4.90 Å². The van der Waals surface area contributed by atoms with Crippen LogP contribution in [0.25, 0.3) is 6.08 Å². The Bertz CT molecular complexity index is 1210. The van der Waals surface area contributed by atoms with Crippen molar-refractivity contribution in [3.63, 3.8) is 0 Å². The molecule has 0 spiro atoms. The first-order valence-electron chi connectivity index (χ1n) is 11.0. The second-order valence-electron chi connectivity index (χ2n) is 9.32. The molecule has 2 aromatic carbocycles. The van der Waals surface area contributed by atoms with Gasteiger partial charge in [-0.3, -0.25) is 24.6 Å². The van der Waals surface area contributed by atoms with Crippen molar-refractivity contribution in [2.75, 3.05) is 19.1 Å². The number of carbonyl (C=O) groups is 2. The number of benzene rings is 2. The lowest BCUT2D eigenvalue weighted by Gasteiger charge is -2.45. The van der Waals surface area contributed by atoms with E-state index in [9.17, 15) is 19.7 Å². The maximum atomic E-state index is 13.0. The number of nitrogens with zero attached hydrogens (tertiary/aromatic N) is 3. The standard InChI is InChI=1S/C25H27N3O5S/c1-15-13-25(2,3)26(4)20-12-21(33-5)17(10-19(15)20)11-22-23(29)27(24(30)34-22)14-16-6-8-18(9-7-16)28(31)32/h6-12,15H,13-14H2,1-5H3/b22-11+. The third-order valence-electron chi connectivity index (χ3n) is 6.63. The Morgan fingerprint density at radius 1 is 1.24 bits per heavy atom. The van der Waals surface area contributed by atoms with E-state index in [1.807, 2.05) is 6.07 Å². The fourth-order valence-electron chi connectivity index (χ4n) is 4.58. The minimum Gasteiger partial charge on any atom is -0.496 e. The SMILES string of the molecule is COc1cc2c(cc1/C=C1/SC(=O)N(Cc3ccc([N+](=O)[O-])cc3)C1=O)C(C)CC(C)(C)N2C. The lowest BCUT2D eigenvalue weighted by molar-refractivity contribution is -0.384. The Balaban J connectivity index is 1.63. The van der Waals surface area contributed by atoms with E-state index < -0.39 is 4.92 Å². The number of non-ortho nitro benzene ring substituents is 1. The molecule has 9 heteroatoms. The van der Waals surface area contributed by atoms with Crippen molar-refractivity contribution in [2.24, 2.45) is 0 Å². The van der Waals surface area contributed by atoms with Gasteiger partial charge in [-0.05, 0) is 61.2 Å². The quantitative estimate of drug-likeness (QED) is 0.313. The van der Waals surface area contributed by atoms with Gasteiger partial charge in [0.2, 0.25) is 0 Å². The highest BCUT2D eigenvalue weighted by atomic mass is 32.2. The van der Waals surface area contributed by atoms with Crippen LogP contribution in [0.2, 0.25) is 0 Å². The molecule has 34 heavy (non-hydrogen) atoms. The molecule has 2 heterocycles. The van der Waals surface area contributed by atoms with Crippen LogP contribution in [0.1, 0.15) is 49.8 Å². The van der Waals surface area contributed by atoms with Crippen LogP contribution in [0.5, 0.6) is 5.75 Å². The number of amides is 2. The summed E-state index contributed by atoms with van der Waals surface area (Å²) in [4.78, 5) is 39.7. The van der Waals surface area contributed by atoms with Crippen molar-refractivity contribution in [1.29, 1.82) is 0 Å². The first-order valence-corrected chi connectivity index (χ1v) is 11.8. The average Bonchev–Trinajstić information content (AvgIpc) is 3.04. The molecule has 1 unspecified atom stereocenters. The lowest BCUT2D eigenvalue weighted by atomic mass is 9.80. The maximum absolute atomic E-state index is 13.0. The van der Waals surface area contributed by atoms with Crippen LogP contribution in [0, 0.1) is 10.1 Å². The number of rotatable bonds is 5. The summed E-state index contributed by atoms with van der Waals surface area (Å²) in [5, 5.41) is 10.5. The molecule has 1 atom stereocenters. The molecule has 2 aliphatic rings. The predicted octanol–water partition coefficient (Wildman–Crippen LogP) is 5.56. The van der Waals surface area contributed by atoms with Gasteiger partial charge in [0.1, 0.15) is 5.75 Å². The van der Waals surface area contributed by atoms with Crippen molar-refractivity contribution >= 4 is 40.4 Å². The van der Waals surface area contributed by atoms with Crippen LogP contribution in [0.15, 0.2) is 41.3 Å². The summed E-state index contributed by atoms with van der Waals surface area (Å²) in [7, 11) is 3.67. The average molecular weight is 482 g/mol. The Hall–Kier alpha value is -3.33. The molecule has 2 aromatic rings. The van der Waals surface area contributed by atoms with E-state index in [1.165, 1.54) is 17.7 Å². The summed E-state index contributed by atoms with van der Waals surface area (Å²) in [6, 6.07) is 9.88. The Morgan fingerprint density at radius 3 is 2.53 bits per heavy atom. The summed E-state index contributed by atoms with van der Waals surface area (Å²) >= 11 is 0.886. The van der Waals surface area contributed by atoms with Crippen LogP contribution >= 0.6 is 11.8 Å². The van der Waals surface area contributed by atoms with E-state index in [2.05, 4.69) is 38.8 Å². The topological polar surface area (TPSA) is 93.0 Å².